The van der Waals surface area contributed by atoms with E-state index in [-0.39, 0.29) is 30.7 Å². The Bertz CT molecular complexity index is 414. The highest BCUT2D eigenvalue weighted by atomic mass is 32.1. The van der Waals surface area contributed by atoms with E-state index in [0.717, 1.165) is 4.88 Å². The molecule has 4 nitrogen and oxygen atoms in total. The number of carbonyl (C=O) groups excluding carboxylic acids is 1. The van der Waals surface area contributed by atoms with Gasteiger partial charge in [-0.1, -0.05) is 13.0 Å². The molecule has 0 saturated carbocycles. The molecule has 1 amide bonds. The first-order valence-electron chi connectivity index (χ1n) is 6.43. The van der Waals surface area contributed by atoms with Crippen molar-refractivity contribution in [1.29, 1.82) is 0 Å². The van der Waals surface area contributed by atoms with E-state index >= 15 is 0 Å². The average molecular weight is 283 g/mol. The molecule has 1 atom stereocenters. The van der Waals surface area contributed by atoms with Gasteiger partial charge in [-0.15, -0.1) is 11.3 Å². The van der Waals surface area contributed by atoms with Crippen LogP contribution in [0.5, 0.6) is 0 Å². The van der Waals surface area contributed by atoms with Crippen LogP contribution in [0.2, 0.25) is 0 Å². The van der Waals surface area contributed by atoms with Gasteiger partial charge in [0, 0.05) is 23.8 Å². The molecule has 106 valence electrons. The van der Waals surface area contributed by atoms with Crippen LogP contribution < -0.4 is 0 Å². The van der Waals surface area contributed by atoms with Gasteiger partial charge in [0.2, 0.25) is 5.91 Å². The molecule has 19 heavy (non-hydrogen) atoms. The van der Waals surface area contributed by atoms with E-state index in [1.165, 1.54) is 0 Å². The standard InChI is InChI=1S/C14H21NO3S/c1-10(2)15(9-12-5-4-6-19-12)13(16)7-11(3)8-14(17)18/h4-6,10-11H,7-9H2,1-3H3,(H,17,18). The molecule has 0 aliphatic heterocycles. The highest BCUT2D eigenvalue weighted by Gasteiger charge is 2.21. The lowest BCUT2D eigenvalue weighted by Crippen LogP contribution is -2.37. The topological polar surface area (TPSA) is 57.6 Å². The van der Waals surface area contributed by atoms with E-state index in [1.54, 1.807) is 18.3 Å². The van der Waals surface area contributed by atoms with Crippen LogP contribution in [0.3, 0.4) is 0 Å². The van der Waals surface area contributed by atoms with Crippen molar-refractivity contribution in [3.05, 3.63) is 22.4 Å². The minimum atomic E-state index is -0.852. The lowest BCUT2D eigenvalue weighted by atomic mass is 10.0. The van der Waals surface area contributed by atoms with Crippen LogP contribution in [-0.4, -0.2) is 27.9 Å². The van der Waals surface area contributed by atoms with Crippen molar-refractivity contribution in [2.24, 2.45) is 5.92 Å². The van der Waals surface area contributed by atoms with Crippen molar-refractivity contribution < 1.29 is 14.7 Å². The fraction of sp³-hybridized carbons (Fsp3) is 0.571. The lowest BCUT2D eigenvalue weighted by Gasteiger charge is -2.27. The van der Waals surface area contributed by atoms with Gasteiger partial charge in [-0.05, 0) is 31.2 Å². The molecule has 1 aromatic heterocycles. The van der Waals surface area contributed by atoms with Crippen molar-refractivity contribution in [3.8, 4) is 0 Å². The molecule has 1 unspecified atom stereocenters. The minimum Gasteiger partial charge on any atom is -0.481 e. The maximum Gasteiger partial charge on any atom is 0.303 e. The van der Waals surface area contributed by atoms with Gasteiger partial charge >= 0.3 is 5.97 Å². The van der Waals surface area contributed by atoms with Crippen molar-refractivity contribution >= 4 is 23.2 Å². The first-order chi connectivity index (χ1) is 8.90. The van der Waals surface area contributed by atoms with Gasteiger partial charge in [0.15, 0.2) is 0 Å². The second-order valence-electron chi connectivity index (χ2n) is 5.10. The fourth-order valence-electron chi connectivity index (χ4n) is 1.91. The molecule has 0 spiro atoms. The van der Waals surface area contributed by atoms with Crippen molar-refractivity contribution in [1.82, 2.24) is 4.90 Å². The van der Waals surface area contributed by atoms with Crippen molar-refractivity contribution in [2.45, 2.75) is 46.2 Å². The largest absolute Gasteiger partial charge is 0.481 e. The lowest BCUT2D eigenvalue weighted by molar-refractivity contribution is -0.139. The van der Waals surface area contributed by atoms with Crippen LogP contribution in [0.4, 0.5) is 0 Å². The number of hydrogen-bond acceptors (Lipinski definition) is 3. The minimum absolute atomic E-state index is 0.0251. The van der Waals surface area contributed by atoms with Crippen LogP contribution in [0.15, 0.2) is 17.5 Å². The summed E-state index contributed by atoms with van der Waals surface area (Å²) in [6.07, 6.45) is 0.326. The quantitative estimate of drug-likeness (QED) is 0.837. The molecule has 1 rings (SSSR count). The molecule has 1 N–H and O–H groups in total. The van der Waals surface area contributed by atoms with Crippen molar-refractivity contribution in [3.63, 3.8) is 0 Å². The highest BCUT2D eigenvalue weighted by Crippen LogP contribution is 2.17. The summed E-state index contributed by atoms with van der Waals surface area (Å²) in [7, 11) is 0. The molecule has 0 saturated heterocycles. The number of hydrogen-bond donors (Lipinski definition) is 1. The Hall–Kier alpha value is -1.36. The van der Waals surface area contributed by atoms with E-state index < -0.39 is 5.97 Å². The summed E-state index contributed by atoms with van der Waals surface area (Å²) in [6, 6.07) is 4.09. The molecular formula is C14H21NO3S. The number of carboxylic acid groups (broad SMARTS) is 1. The van der Waals surface area contributed by atoms with E-state index in [1.807, 2.05) is 36.3 Å². The zero-order valence-electron chi connectivity index (χ0n) is 11.6. The summed E-state index contributed by atoms with van der Waals surface area (Å²) in [5.41, 5.74) is 0. The van der Waals surface area contributed by atoms with Crippen LogP contribution in [0.1, 0.15) is 38.5 Å². The second-order valence-corrected chi connectivity index (χ2v) is 6.13. The monoisotopic (exact) mass is 283 g/mol. The van der Waals surface area contributed by atoms with E-state index in [4.69, 9.17) is 5.11 Å². The van der Waals surface area contributed by atoms with Crippen LogP contribution in [-0.2, 0) is 16.1 Å². The molecule has 0 aliphatic carbocycles. The first kappa shape index (κ1) is 15.7. The SMILES string of the molecule is CC(CC(=O)O)CC(=O)N(Cc1cccs1)C(C)C. The molecule has 0 aromatic carbocycles. The molecule has 0 aliphatic rings. The number of rotatable bonds is 7. The summed E-state index contributed by atoms with van der Waals surface area (Å²) >= 11 is 1.63. The Labute approximate surface area is 118 Å². The third-order valence-corrected chi connectivity index (χ3v) is 3.76. The van der Waals surface area contributed by atoms with Gasteiger partial charge in [0.1, 0.15) is 0 Å². The number of carbonyl (C=O) groups is 2. The van der Waals surface area contributed by atoms with Crippen LogP contribution in [0, 0.1) is 5.92 Å². The average Bonchev–Trinajstić information content (AvgIpc) is 2.76. The molecular weight excluding hydrogens is 262 g/mol. The molecule has 1 aromatic rings. The maximum absolute atomic E-state index is 12.2. The number of carboxylic acids is 1. The number of nitrogens with zero attached hydrogens (tertiary/aromatic N) is 1. The van der Waals surface area contributed by atoms with Crippen LogP contribution >= 0.6 is 11.3 Å². The normalized spacial score (nSPS) is 12.4. The Morgan fingerprint density at radius 3 is 2.47 bits per heavy atom. The summed E-state index contributed by atoms with van der Waals surface area (Å²) < 4.78 is 0. The Kier molecular flexibility index (Phi) is 6.02. The smallest absolute Gasteiger partial charge is 0.303 e. The number of thiophene rings is 1. The summed E-state index contributed by atoms with van der Waals surface area (Å²) in [5.74, 6) is -0.957. The van der Waals surface area contributed by atoms with E-state index in [2.05, 4.69) is 0 Å². The summed E-state index contributed by atoms with van der Waals surface area (Å²) in [5, 5.41) is 10.7. The molecule has 5 heteroatoms. The van der Waals surface area contributed by atoms with Gasteiger partial charge in [-0.2, -0.15) is 0 Å². The second kappa shape index (κ2) is 7.28. The predicted molar refractivity (Wildman–Crippen MR) is 76.0 cm³/mol. The molecule has 0 bridgehead atoms. The van der Waals surface area contributed by atoms with Crippen molar-refractivity contribution in [2.75, 3.05) is 0 Å². The summed E-state index contributed by atoms with van der Waals surface area (Å²) in [4.78, 5) is 25.8. The zero-order chi connectivity index (χ0) is 14.4. The van der Waals surface area contributed by atoms with Crippen LogP contribution in [0.25, 0.3) is 0 Å². The third kappa shape index (κ3) is 5.42. The van der Waals surface area contributed by atoms with Gasteiger partial charge in [-0.25, -0.2) is 0 Å². The number of amides is 1. The van der Waals surface area contributed by atoms with Gasteiger partial charge < -0.3 is 10.0 Å². The first-order valence-corrected chi connectivity index (χ1v) is 7.31. The Morgan fingerprint density at radius 2 is 2.00 bits per heavy atom. The van der Waals surface area contributed by atoms with Gasteiger partial charge in [0.05, 0.1) is 6.54 Å². The zero-order valence-corrected chi connectivity index (χ0v) is 12.4. The number of aliphatic carboxylic acids is 1. The molecule has 0 fully saturated rings. The van der Waals surface area contributed by atoms with E-state index in [9.17, 15) is 9.59 Å². The molecule has 1 heterocycles. The maximum atomic E-state index is 12.2. The van der Waals surface area contributed by atoms with E-state index in [0.29, 0.717) is 6.54 Å². The molecule has 0 radical (unpaired) electrons. The predicted octanol–water partition coefficient (Wildman–Crippen LogP) is 2.99. The van der Waals surface area contributed by atoms with Gasteiger partial charge in [-0.3, -0.25) is 9.59 Å². The fourth-order valence-corrected chi connectivity index (χ4v) is 2.62. The third-order valence-electron chi connectivity index (χ3n) is 2.90. The summed E-state index contributed by atoms with van der Waals surface area (Å²) in [6.45, 7) is 6.37. The Morgan fingerprint density at radius 1 is 1.32 bits per heavy atom. The van der Waals surface area contributed by atoms with Gasteiger partial charge in [0.25, 0.3) is 0 Å². The highest BCUT2D eigenvalue weighted by molar-refractivity contribution is 7.09. The Balaban J connectivity index is 2.60.